The van der Waals surface area contributed by atoms with Crippen LogP contribution in [0.4, 0.5) is 0 Å². The molecule has 1 amide bonds. The Morgan fingerprint density at radius 1 is 0.360 bits per heavy atom. The zero-order valence-corrected chi connectivity index (χ0v) is 46.0. The van der Waals surface area contributed by atoms with Crippen LogP contribution < -0.4 is 18.9 Å². The van der Waals surface area contributed by atoms with E-state index in [-0.39, 0.29) is 12.0 Å². The van der Waals surface area contributed by atoms with Crippen LogP contribution in [0.15, 0.2) is 97.1 Å². The number of nitrogens with zero attached hydrogens (tertiary/aromatic N) is 1. The first-order valence-corrected chi connectivity index (χ1v) is 29.4. The Labute approximate surface area is 451 Å². The average molecular weight is 1030 g/mol. The molecule has 0 aromatic heterocycles. The van der Waals surface area contributed by atoms with Crippen molar-refractivity contribution < 1.29 is 42.9 Å². The largest absolute Gasteiger partial charge is 0.494 e. The first kappa shape index (κ1) is 60.2. The summed E-state index contributed by atoms with van der Waals surface area (Å²) in [7, 11) is 0. The fourth-order valence-electron chi connectivity index (χ4n) is 9.58. The van der Waals surface area contributed by atoms with E-state index in [2.05, 4.69) is 13.8 Å². The molecule has 4 aromatic carbocycles. The van der Waals surface area contributed by atoms with Crippen molar-refractivity contribution in [2.75, 3.05) is 26.3 Å². The summed E-state index contributed by atoms with van der Waals surface area (Å²) in [6, 6.07) is 26.8. The first-order chi connectivity index (χ1) is 36.8. The summed E-state index contributed by atoms with van der Waals surface area (Å²) in [4.78, 5) is 53.9. The molecule has 0 spiro atoms. The van der Waals surface area contributed by atoms with Gasteiger partial charge in [0.2, 0.25) is 0 Å². The van der Waals surface area contributed by atoms with Gasteiger partial charge in [-0.25, -0.2) is 14.4 Å². The topological polar surface area (TPSA) is 118 Å². The zero-order chi connectivity index (χ0) is 53.0. The minimum Gasteiger partial charge on any atom is -0.494 e. The molecule has 10 heteroatoms. The van der Waals surface area contributed by atoms with E-state index in [0.29, 0.717) is 72.9 Å². The second kappa shape index (κ2) is 37.2. The molecular formula is C65H91NO9. The van der Waals surface area contributed by atoms with Crippen molar-refractivity contribution in [3.8, 4) is 23.0 Å². The Hall–Kier alpha value is -5.64. The Balaban J connectivity index is 0.886. The summed E-state index contributed by atoms with van der Waals surface area (Å²) in [5.41, 5.74) is 1.63. The van der Waals surface area contributed by atoms with Crippen molar-refractivity contribution in [1.29, 1.82) is 0 Å². The predicted molar refractivity (Wildman–Crippen MR) is 302 cm³/mol. The van der Waals surface area contributed by atoms with E-state index in [1.807, 2.05) is 0 Å². The third-order valence-corrected chi connectivity index (χ3v) is 14.3. The summed E-state index contributed by atoms with van der Waals surface area (Å²) in [6.07, 6.45) is 37.5. The van der Waals surface area contributed by atoms with Crippen LogP contribution in [0.5, 0.6) is 23.0 Å². The van der Waals surface area contributed by atoms with Crippen molar-refractivity contribution in [2.45, 2.75) is 213 Å². The van der Waals surface area contributed by atoms with Gasteiger partial charge in [-0.1, -0.05) is 181 Å². The molecule has 0 aliphatic carbocycles. The standard InChI is InChI=1S/C65H91NO9/c1-3-5-7-9-11-13-15-17-19-21-23-25-27-29-51-71-57-39-33-54(34-40-57)63(68)73-59-43-31-53(32-44-59)62(67)66-49-47-61(48-50-66)75-65(70)56-37-45-60(46-38-56)74-64(69)55-35-41-58(42-36-55)72-52-30-28-26-24-22-20-18-16-14-12-10-8-6-4-2/h31-46,61H,3-30,47-52H2,1-2H3. The highest BCUT2D eigenvalue weighted by atomic mass is 16.5. The Kier molecular flexibility index (Phi) is 29.8. The van der Waals surface area contributed by atoms with Gasteiger partial charge in [0, 0.05) is 31.5 Å². The van der Waals surface area contributed by atoms with Crippen LogP contribution in [0.2, 0.25) is 0 Å². The van der Waals surface area contributed by atoms with Gasteiger partial charge in [-0.15, -0.1) is 0 Å². The van der Waals surface area contributed by atoms with Crippen molar-refractivity contribution in [3.63, 3.8) is 0 Å². The highest BCUT2D eigenvalue weighted by Crippen LogP contribution is 2.24. The van der Waals surface area contributed by atoms with Gasteiger partial charge in [0.05, 0.1) is 29.9 Å². The van der Waals surface area contributed by atoms with Crippen LogP contribution in [0.1, 0.15) is 248 Å². The normalized spacial score (nSPS) is 12.6. The van der Waals surface area contributed by atoms with Crippen LogP contribution >= 0.6 is 0 Å². The number of piperidine rings is 1. The number of rotatable bonds is 39. The molecule has 10 nitrogen and oxygen atoms in total. The maximum Gasteiger partial charge on any atom is 0.343 e. The molecule has 410 valence electrons. The lowest BCUT2D eigenvalue weighted by Gasteiger charge is -2.31. The molecule has 1 saturated heterocycles. The number of ether oxygens (including phenoxy) is 5. The van der Waals surface area contributed by atoms with Crippen LogP contribution in [0.3, 0.4) is 0 Å². The molecule has 0 unspecified atom stereocenters. The van der Waals surface area contributed by atoms with Crippen molar-refractivity contribution in [2.24, 2.45) is 0 Å². The maximum atomic E-state index is 13.4. The van der Waals surface area contributed by atoms with E-state index in [0.717, 1.165) is 37.2 Å². The Morgan fingerprint density at radius 2 is 0.640 bits per heavy atom. The van der Waals surface area contributed by atoms with Gasteiger partial charge >= 0.3 is 17.9 Å². The number of carbonyl (C=O) groups is 4. The van der Waals surface area contributed by atoms with Gasteiger partial charge in [0.1, 0.15) is 29.1 Å². The SMILES string of the molecule is CCCCCCCCCCCCCCCCOc1ccc(C(=O)Oc2ccc(C(=O)OC3CCN(C(=O)c4ccc(OC(=O)c5ccc(OCCCCCCCCCCCCCCCC)cc5)cc4)CC3)cc2)cc1. The number of esters is 3. The van der Waals surface area contributed by atoms with E-state index >= 15 is 0 Å². The van der Waals surface area contributed by atoms with Crippen molar-refractivity contribution >= 4 is 23.8 Å². The second-order valence-corrected chi connectivity index (χ2v) is 20.7. The van der Waals surface area contributed by atoms with E-state index in [1.165, 1.54) is 154 Å². The highest BCUT2D eigenvalue weighted by Gasteiger charge is 2.27. The molecule has 0 N–H and O–H groups in total. The van der Waals surface area contributed by atoms with E-state index < -0.39 is 17.9 Å². The van der Waals surface area contributed by atoms with Crippen LogP contribution in [0.25, 0.3) is 0 Å². The molecule has 0 atom stereocenters. The van der Waals surface area contributed by atoms with Crippen LogP contribution in [-0.2, 0) is 4.74 Å². The molecule has 4 aromatic rings. The number of benzene rings is 4. The maximum absolute atomic E-state index is 13.4. The number of carbonyl (C=O) groups excluding carboxylic acids is 4. The summed E-state index contributed by atoms with van der Waals surface area (Å²) in [5, 5.41) is 0. The summed E-state index contributed by atoms with van der Waals surface area (Å²) in [5.74, 6) is 0.488. The fraction of sp³-hybridized carbons (Fsp3) is 0.569. The fourth-order valence-corrected chi connectivity index (χ4v) is 9.58. The Bertz CT molecular complexity index is 2160. The van der Waals surface area contributed by atoms with Crippen LogP contribution in [0, 0.1) is 0 Å². The molecule has 5 rings (SSSR count). The molecule has 0 saturated carbocycles. The van der Waals surface area contributed by atoms with E-state index in [4.69, 9.17) is 23.7 Å². The van der Waals surface area contributed by atoms with Crippen molar-refractivity contribution in [3.05, 3.63) is 119 Å². The molecule has 0 bridgehead atoms. The van der Waals surface area contributed by atoms with Crippen molar-refractivity contribution in [1.82, 2.24) is 4.90 Å². The summed E-state index contributed by atoms with van der Waals surface area (Å²) >= 11 is 0. The highest BCUT2D eigenvalue weighted by molar-refractivity contribution is 5.95. The lowest BCUT2D eigenvalue weighted by atomic mass is 10.0. The molecule has 1 aliphatic rings. The number of unbranched alkanes of at least 4 members (excludes halogenated alkanes) is 26. The van der Waals surface area contributed by atoms with Crippen LogP contribution in [-0.4, -0.2) is 61.1 Å². The smallest absolute Gasteiger partial charge is 0.343 e. The molecule has 1 aliphatic heterocycles. The van der Waals surface area contributed by atoms with Gasteiger partial charge in [0.15, 0.2) is 0 Å². The van der Waals surface area contributed by atoms with E-state index in [9.17, 15) is 19.2 Å². The van der Waals surface area contributed by atoms with E-state index in [1.54, 1.807) is 102 Å². The third-order valence-electron chi connectivity index (χ3n) is 14.3. The summed E-state index contributed by atoms with van der Waals surface area (Å²) in [6.45, 7) is 6.70. The van der Waals surface area contributed by atoms with Gasteiger partial charge < -0.3 is 28.6 Å². The number of likely N-dealkylation sites (tertiary alicyclic amines) is 1. The zero-order valence-electron chi connectivity index (χ0n) is 46.0. The quantitative estimate of drug-likeness (QED) is 0.0245. The van der Waals surface area contributed by atoms with Gasteiger partial charge in [-0.3, -0.25) is 4.79 Å². The second-order valence-electron chi connectivity index (χ2n) is 20.7. The van der Waals surface area contributed by atoms with Gasteiger partial charge in [-0.2, -0.15) is 0 Å². The lowest BCUT2D eigenvalue weighted by molar-refractivity contribution is 0.0120. The average Bonchev–Trinajstić information content (AvgIpc) is 3.43. The molecule has 75 heavy (non-hydrogen) atoms. The molecular weight excluding hydrogens is 939 g/mol. The number of hydrogen-bond acceptors (Lipinski definition) is 9. The van der Waals surface area contributed by atoms with Gasteiger partial charge in [-0.05, 0) is 110 Å². The Morgan fingerprint density at radius 3 is 0.973 bits per heavy atom. The minimum atomic E-state index is -0.502. The first-order valence-electron chi connectivity index (χ1n) is 29.4. The minimum absolute atomic E-state index is 0.146. The number of amides is 1. The number of hydrogen-bond donors (Lipinski definition) is 0. The monoisotopic (exact) mass is 1030 g/mol. The third kappa shape index (κ3) is 24.7. The van der Waals surface area contributed by atoms with Gasteiger partial charge in [0.25, 0.3) is 5.91 Å². The molecule has 1 fully saturated rings. The molecule has 1 heterocycles. The predicted octanol–water partition coefficient (Wildman–Crippen LogP) is 17.3. The summed E-state index contributed by atoms with van der Waals surface area (Å²) < 4.78 is 28.8. The molecule has 0 radical (unpaired) electrons. The lowest BCUT2D eigenvalue weighted by Crippen LogP contribution is -2.41.